The van der Waals surface area contributed by atoms with Gasteiger partial charge < -0.3 is 14.9 Å². The molecule has 0 radical (unpaired) electrons. The molecule has 1 saturated carbocycles. The standard InChI is InChI=1S/C14H21N3O2S/c1-16-6-8-17(9-7-16)5-4-11-15-12(10-2-3-10)13(20-11)14(18)19/h10H,2-9H2,1H3,(H,18,19). The summed E-state index contributed by atoms with van der Waals surface area (Å²) in [5.74, 6) is -0.398. The average Bonchev–Trinajstić information content (AvgIpc) is 3.18. The van der Waals surface area contributed by atoms with Gasteiger partial charge in [0.1, 0.15) is 4.88 Å². The van der Waals surface area contributed by atoms with Crippen LogP contribution in [-0.4, -0.2) is 65.6 Å². The maximum Gasteiger partial charge on any atom is 0.347 e. The maximum absolute atomic E-state index is 11.3. The molecule has 6 heteroatoms. The van der Waals surface area contributed by atoms with E-state index in [1.165, 1.54) is 11.3 Å². The first-order chi connectivity index (χ1) is 9.63. The Balaban J connectivity index is 1.60. The van der Waals surface area contributed by atoms with Gasteiger partial charge in [0, 0.05) is 45.1 Å². The van der Waals surface area contributed by atoms with Crippen LogP contribution in [0.4, 0.5) is 0 Å². The summed E-state index contributed by atoms with van der Waals surface area (Å²) < 4.78 is 0. The number of hydrogen-bond acceptors (Lipinski definition) is 5. The zero-order valence-electron chi connectivity index (χ0n) is 11.8. The first-order valence-corrected chi connectivity index (χ1v) is 8.09. The second-order valence-electron chi connectivity index (χ2n) is 5.80. The fraction of sp³-hybridized carbons (Fsp3) is 0.714. The zero-order valence-corrected chi connectivity index (χ0v) is 12.7. The monoisotopic (exact) mass is 295 g/mol. The third-order valence-electron chi connectivity index (χ3n) is 4.09. The molecule has 1 aromatic heterocycles. The maximum atomic E-state index is 11.3. The summed E-state index contributed by atoms with van der Waals surface area (Å²) in [6.07, 6.45) is 3.07. The molecule has 1 aromatic rings. The molecule has 2 heterocycles. The van der Waals surface area contributed by atoms with Gasteiger partial charge in [0.25, 0.3) is 0 Å². The molecule has 3 rings (SSSR count). The lowest BCUT2D eigenvalue weighted by molar-refractivity contribution is 0.0700. The molecule has 1 saturated heterocycles. The lowest BCUT2D eigenvalue weighted by atomic mass is 10.2. The minimum absolute atomic E-state index is 0.412. The van der Waals surface area contributed by atoms with Crippen molar-refractivity contribution < 1.29 is 9.90 Å². The van der Waals surface area contributed by atoms with Crippen LogP contribution in [0.3, 0.4) is 0 Å². The van der Waals surface area contributed by atoms with E-state index in [1.54, 1.807) is 0 Å². The van der Waals surface area contributed by atoms with E-state index >= 15 is 0 Å². The lowest BCUT2D eigenvalue weighted by Crippen LogP contribution is -2.45. The van der Waals surface area contributed by atoms with Gasteiger partial charge in [-0.25, -0.2) is 9.78 Å². The fourth-order valence-electron chi connectivity index (χ4n) is 2.60. The SMILES string of the molecule is CN1CCN(CCc2nc(C3CC3)c(C(=O)O)s2)CC1. The van der Waals surface area contributed by atoms with Crippen LogP contribution in [0.5, 0.6) is 0 Å². The molecular weight excluding hydrogens is 274 g/mol. The molecule has 0 bridgehead atoms. The molecule has 110 valence electrons. The number of carboxylic acid groups (broad SMARTS) is 1. The summed E-state index contributed by atoms with van der Waals surface area (Å²) in [7, 11) is 2.15. The number of hydrogen-bond donors (Lipinski definition) is 1. The van der Waals surface area contributed by atoms with Crippen LogP contribution in [0.15, 0.2) is 0 Å². The first-order valence-electron chi connectivity index (χ1n) is 7.27. The Bertz CT molecular complexity index is 491. The smallest absolute Gasteiger partial charge is 0.347 e. The topological polar surface area (TPSA) is 56.7 Å². The molecule has 2 fully saturated rings. The van der Waals surface area contributed by atoms with E-state index in [0.29, 0.717) is 10.8 Å². The van der Waals surface area contributed by atoms with E-state index in [0.717, 1.165) is 62.7 Å². The summed E-state index contributed by atoms with van der Waals surface area (Å²) >= 11 is 1.38. The molecule has 0 unspecified atom stereocenters. The van der Waals surface area contributed by atoms with Crippen LogP contribution >= 0.6 is 11.3 Å². The van der Waals surface area contributed by atoms with Gasteiger partial charge in [-0.05, 0) is 19.9 Å². The van der Waals surface area contributed by atoms with Crippen LogP contribution in [0.2, 0.25) is 0 Å². The van der Waals surface area contributed by atoms with Crippen molar-refractivity contribution in [2.24, 2.45) is 0 Å². The molecule has 20 heavy (non-hydrogen) atoms. The zero-order chi connectivity index (χ0) is 14.1. The number of likely N-dealkylation sites (N-methyl/N-ethyl adjacent to an activating group) is 1. The van der Waals surface area contributed by atoms with Crippen molar-refractivity contribution in [3.05, 3.63) is 15.6 Å². The summed E-state index contributed by atoms with van der Waals surface area (Å²) in [6, 6.07) is 0. The van der Waals surface area contributed by atoms with E-state index in [-0.39, 0.29) is 0 Å². The highest BCUT2D eigenvalue weighted by atomic mass is 32.1. The third kappa shape index (κ3) is 3.19. The van der Waals surface area contributed by atoms with Crippen molar-refractivity contribution in [1.29, 1.82) is 0 Å². The normalized spacial score (nSPS) is 21.2. The average molecular weight is 295 g/mol. The van der Waals surface area contributed by atoms with Gasteiger partial charge in [0.2, 0.25) is 0 Å². The molecule has 2 aliphatic rings. The van der Waals surface area contributed by atoms with Gasteiger partial charge in [0.15, 0.2) is 0 Å². The van der Waals surface area contributed by atoms with Crippen molar-refractivity contribution >= 4 is 17.3 Å². The predicted octanol–water partition coefficient (Wildman–Crippen LogP) is 1.51. The number of aromatic nitrogens is 1. The number of piperazine rings is 1. The van der Waals surface area contributed by atoms with Crippen LogP contribution < -0.4 is 0 Å². The molecule has 1 N–H and O–H groups in total. The molecule has 0 amide bonds. The minimum Gasteiger partial charge on any atom is -0.477 e. The Hall–Kier alpha value is -0.980. The van der Waals surface area contributed by atoms with E-state index in [4.69, 9.17) is 0 Å². The molecule has 5 nitrogen and oxygen atoms in total. The Labute approximate surface area is 123 Å². The van der Waals surface area contributed by atoms with E-state index < -0.39 is 5.97 Å². The molecule has 1 aliphatic heterocycles. The number of aromatic carboxylic acids is 1. The highest BCUT2D eigenvalue weighted by Crippen LogP contribution is 2.42. The summed E-state index contributed by atoms with van der Waals surface area (Å²) in [4.78, 5) is 21.1. The molecule has 0 aromatic carbocycles. The first kappa shape index (κ1) is 14.0. The highest BCUT2D eigenvalue weighted by Gasteiger charge is 2.32. The number of carboxylic acids is 1. The van der Waals surface area contributed by atoms with E-state index in [2.05, 4.69) is 21.8 Å². The number of carbonyl (C=O) groups is 1. The summed E-state index contributed by atoms with van der Waals surface area (Å²) in [5, 5.41) is 10.2. The van der Waals surface area contributed by atoms with Gasteiger partial charge in [-0.15, -0.1) is 11.3 Å². The summed E-state index contributed by atoms with van der Waals surface area (Å²) in [5.41, 5.74) is 0.843. The van der Waals surface area contributed by atoms with Crippen molar-refractivity contribution in [2.45, 2.75) is 25.2 Å². The second kappa shape index (κ2) is 5.79. The van der Waals surface area contributed by atoms with Crippen molar-refractivity contribution in [2.75, 3.05) is 39.8 Å². The lowest BCUT2D eigenvalue weighted by Gasteiger charge is -2.32. The Morgan fingerprint density at radius 1 is 1.35 bits per heavy atom. The third-order valence-corrected chi connectivity index (χ3v) is 5.21. The Morgan fingerprint density at radius 3 is 2.65 bits per heavy atom. The highest BCUT2D eigenvalue weighted by molar-refractivity contribution is 7.13. The second-order valence-corrected chi connectivity index (χ2v) is 6.88. The van der Waals surface area contributed by atoms with Crippen LogP contribution in [-0.2, 0) is 6.42 Å². The van der Waals surface area contributed by atoms with Crippen molar-refractivity contribution in [3.8, 4) is 0 Å². The number of nitrogens with zero attached hydrogens (tertiary/aromatic N) is 3. The van der Waals surface area contributed by atoms with Crippen LogP contribution in [0, 0.1) is 0 Å². The molecule has 0 atom stereocenters. The van der Waals surface area contributed by atoms with Gasteiger partial charge in [-0.1, -0.05) is 0 Å². The van der Waals surface area contributed by atoms with Crippen LogP contribution in [0.25, 0.3) is 0 Å². The van der Waals surface area contributed by atoms with Gasteiger partial charge >= 0.3 is 5.97 Å². The van der Waals surface area contributed by atoms with Crippen molar-refractivity contribution in [1.82, 2.24) is 14.8 Å². The van der Waals surface area contributed by atoms with Crippen LogP contribution in [0.1, 0.15) is 39.1 Å². The number of rotatable bonds is 5. The van der Waals surface area contributed by atoms with Gasteiger partial charge in [0.05, 0.1) is 10.7 Å². The Morgan fingerprint density at radius 2 is 2.05 bits per heavy atom. The fourth-order valence-corrected chi connectivity index (χ4v) is 3.57. The van der Waals surface area contributed by atoms with Gasteiger partial charge in [-0.3, -0.25) is 0 Å². The Kier molecular flexibility index (Phi) is 4.05. The molecular formula is C14H21N3O2S. The molecule has 1 aliphatic carbocycles. The summed E-state index contributed by atoms with van der Waals surface area (Å²) in [6.45, 7) is 5.42. The minimum atomic E-state index is -0.810. The van der Waals surface area contributed by atoms with Gasteiger partial charge in [-0.2, -0.15) is 0 Å². The molecule has 0 spiro atoms. The largest absolute Gasteiger partial charge is 0.477 e. The number of thiazole rings is 1. The predicted molar refractivity (Wildman–Crippen MR) is 78.7 cm³/mol. The quantitative estimate of drug-likeness (QED) is 0.892. The van der Waals surface area contributed by atoms with E-state index in [1.807, 2.05) is 0 Å². The van der Waals surface area contributed by atoms with E-state index in [9.17, 15) is 9.90 Å². The van der Waals surface area contributed by atoms with Crippen molar-refractivity contribution in [3.63, 3.8) is 0 Å².